The summed E-state index contributed by atoms with van der Waals surface area (Å²) in [5.41, 5.74) is 6.47. The molecule has 3 rings (SSSR count). The largest absolute Gasteiger partial charge is 0.454 e. The Hall–Kier alpha value is -2.24. The van der Waals surface area contributed by atoms with Crippen LogP contribution < -0.4 is 20.5 Å². The van der Waals surface area contributed by atoms with Crippen LogP contribution in [0.4, 0.5) is 4.79 Å². The molecule has 1 unspecified atom stereocenters. The molecule has 0 saturated heterocycles. The molecule has 2 aliphatic heterocycles. The van der Waals surface area contributed by atoms with Gasteiger partial charge in [0.1, 0.15) is 11.9 Å². The normalized spacial score (nSPS) is 21.9. The van der Waals surface area contributed by atoms with Crippen LogP contribution in [0, 0.1) is 0 Å². The standard InChI is InChI=1S/C10H9N3O3/c11-9-8(12-10(14)13-9)5-1-2-6-7(3-5)16-4-15-6/h1-3,8H,4H2,(H3,11,12,13,14). The molecule has 0 bridgehead atoms. The minimum Gasteiger partial charge on any atom is -0.454 e. The zero-order valence-electron chi connectivity index (χ0n) is 8.27. The Labute approximate surface area is 91.1 Å². The molecule has 1 aromatic carbocycles. The highest BCUT2D eigenvalue weighted by Gasteiger charge is 2.26. The quantitative estimate of drug-likeness (QED) is 0.721. The molecule has 1 aromatic rings. The topological polar surface area (TPSA) is 85.9 Å². The number of amidine groups is 1. The number of nitrogens with zero attached hydrogens (tertiary/aromatic N) is 1. The van der Waals surface area contributed by atoms with E-state index in [4.69, 9.17) is 15.2 Å². The smallest absolute Gasteiger partial charge is 0.343 e. The van der Waals surface area contributed by atoms with Gasteiger partial charge in [0.2, 0.25) is 6.79 Å². The number of carbonyl (C=O) groups excluding carboxylic acids is 1. The maximum Gasteiger partial charge on any atom is 0.343 e. The highest BCUT2D eigenvalue weighted by Crippen LogP contribution is 2.34. The van der Waals surface area contributed by atoms with Gasteiger partial charge in [0.15, 0.2) is 11.5 Å². The molecule has 6 nitrogen and oxygen atoms in total. The van der Waals surface area contributed by atoms with Crippen molar-refractivity contribution in [2.24, 2.45) is 10.7 Å². The molecule has 2 heterocycles. The SMILES string of the molecule is NC1=NC(=O)NC1c1ccc2c(c1)OCO2. The predicted octanol–water partition coefficient (Wildman–Crippen LogP) is 0.537. The van der Waals surface area contributed by atoms with Crippen LogP contribution >= 0.6 is 0 Å². The first-order valence-corrected chi connectivity index (χ1v) is 4.78. The summed E-state index contributed by atoms with van der Waals surface area (Å²) in [5, 5.41) is 2.65. The van der Waals surface area contributed by atoms with E-state index < -0.39 is 6.03 Å². The van der Waals surface area contributed by atoms with Crippen LogP contribution in [-0.4, -0.2) is 18.7 Å². The third-order valence-corrected chi connectivity index (χ3v) is 2.52. The lowest BCUT2D eigenvalue weighted by atomic mass is 10.1. The number of hydrogen-bond acceptors (Lipinski definition) is 4. The molecule has 0 saturated carbocycles. The summed E-state index contributed by atoms with van der Waals surface area (Å²) in [6.45, 7) is 0.222. The van der Waals surface area contributed by atoms with Crippen molar-refractivity contribution in [3.05, 3.63) is 23.8 Å². The van der Waals surface area contributed by atoms with Crippen LogP contribution in [0.1, 0.15) is 11.6 Å². The zero-order chi connectivity index (χ0) is 11.1. The number of benzene rings is 1. The van der Waals surface area contributed by atoms with Gasteiger partial charge >= 0.3 is 6.03 Å². The molecule has 0 spiro atoms. The molecule has 0 radical (unpaired) electrons. The van der Waals surface area contributed by atoms with Gasteiger partial charge < -0.3 is 20.5 Å². The van der Waals surface area contributed by atoms with E-state index in [0.29, 0.717) is 11.5 Å². The Kier molecular flexibility index (Phi) is 1.76. The first kappa shape index (κ1) is 9.02. The van der Waals surface area contributed by atoms with Gasteiger partial charge in [-0.05, 0) is 17.7 Å². The molecular formula is C10H9N3O3. The monoisotopic (exact) mass is 219 g/mol. The molecule has 0 fully saturated rings. The van der Waals surface area contributed by atoms with Crippen molar-refractivity contribution in [2.75, 3.05) is 6.79 Å². The van der Waals surface area contributed by atoms with Crippen LogP contribution in [0.25, 0.3) is 0 Å². The Morgan fingerprint density at radius 1 is 1.38 bits per heavy atom. The van der Waals surface area contributed by atoms with Crippen LogP contribution in [0.2, 0.25) is 0 Å². The second-order valence-corrected chi connectivity index (χ2v) is 3.53. The van der Waals surface area contributed by atoms with Crippen molar-refractivity contribution in [1.82, 2.24) is 5.32 Å². The number of ether oxygens (including phenoxy) is 2. The lowest BCUT2D eigenvalue weighted by Gasteiger charge is -2.11. The molecule has 16 heavy (non-hydrogen) atoms. The number of nitrogens with one attached hydrogen (secondary N) is 1. The van der Waals surface area contributed by atoms with E-state index in [1.807, 2.05) is 6.07 Å². The first-order valence-electron chi connectivity index (χ1n) is 4.78. The van der Waals surface area contributed by atoms with E-state index >= 15 is 0 Å². The zero-order valence-corrected chi connectivity index (χ0v) is 8.27. The van der Waals surface area contributed by atoms with Gasteiger partial charge in [0.05, 0.1) is 0 Å². The van der Waals surface area contributed by atoms with Crippen molar-refractivity contribution < 1.29 is 14.3 Å². The van der Waals surface area contributed by atoms with Gasteiger partial charge in [0.25, 0.3) is 0 Å². The van der Waals surface area contributed by atoms with E-state index in [1.165, 1.54) is 0 Å². The van der Waals surface area contributed by atoms with Gasteiger partial charge in [-0.3, -0.25) is 0 Å². The number of aliphatic imine (C=N–C) groups is 1. The molecule has 1 atom stereocenters. The summed E-state index contributed by atoms with van der Waals surface area (Å²) in [6.07, 6.45) is 0. The number of nitrogens with two attached hydrogens (primary N) is 1. The van der Waals surface area contributed by atoms with Gasteiger partial charge in [-0.25, -0.2) is 4.79 Å². The second kappa shape index (κ2) is 3.13. The molecule has 6 heteroatoms. The van der Waals surface area contributed by atoms with Crippen LogP contribution in [0.3, 0.4) is 0 Å². The van der Waals surface area contributed by atoms with Crippen molar-refractivity contribution in [3.63, 3.8) is 0 Å². The molecule has 0 aromatic heterocycles. The van der Waals surface area contributed by atoms with Crippen LogP contribution in [-0.2, 0) is 0 Å². The van der Waals surface area contributed by atoms with Crippen molar-refractivity contribution >= 4 is 11.9 Å². The summed E-state index contributed by atoms with van der Waals surface area (Å²) in [7, 11) is 0. The predicted molar refractivity (Wildman–Crippen MR) is 55.5 cm³/mol. The van der Waals surface area contributed by atoms with Gasteiger partial charge in [-0.2, -0.15) is 4.99 Å². The van der Waals surface area contributed by atoms with E-state index in [-0.39, 0.29) is 18.7 Å². The van der Waals surface area contributed by atoms with Crippen molar-refractivity contribution in [3.8, 4) is 11.5 Å². The summed E-state index contributed by atoms with van der Waals surface area (Å²) in [4.78, 5) is 14.6. The summed E-state index contributed by atoms with van der Waals surface area (Å²) in [6, 6.07) is 4.62. The average Bonchev–Trinajstić information content (AvgIpc) is 2.83. The second-order valence-electron chi connectivity index (χ2n) is 3.53. The Balaban J connectivity index is 1.96. The molecular weight excluding hydrogens is 210 g/mol. The summed E-state index contributed by atoms with van der Waals surface area (Å²) in [5.74, 6) is 1.62. The molecule has 3 N–H and O–H groups in total. The molecule has 2 aliphatic rings. The third kappa shape index (κ3) is 1.27. The maximum absolute atomic E-state index is 11.0. The minimum absolute atomic E-state index is 0.222. The van der Waals surface area contributed by atoms with E-state index in [0.717, 1.165) is 5.56 Å². The molecule has 82 valence electrons. The number of urea groups is 1. The number of fused-ring (bicyclic) bond motifs is 1. The number of amides is 2. The minimum atomic E-state index is -0.417. The van der Waals surface area contributed by atoms with E-state index in [1.54, 1.807) is 12.1 Å². The molecule has 0 aliphatic carbocycles. The van der Waals surface area contributed by atoms with Gasteiger partial charge in [-0.1, -0.05) is 6.07 Å². The van der Waals surface area contributed by atoms with Crippen LogP contribution in [0.15, 0.2) is 23.2 Å². The Bertz CT molecular complexity index is 498. The number of carbonyl (C=O) groups is 1. The van der Waals surface area contributed by atoms with E-state index in [2.05, 4.69) is 10.3 Å². The van der Waals surface area contributed by atoms with Gasteiger partial charge in [-0.15, -0.1) is 0 Å². The Morgan fingerprint density at radius 3 is 2.94 bits per heavy atom. The Morgan fingerprint density at radius 2 is 2.19 bits per heavy atom. The summed E-state index contributed by atoms with van der Waals surface area (Å²) < 4.78 is 10.4. The van der Waals surface area contributed by atoms with E-state index in [9.17, 15) is 4.79 Å². The van der Waals surface area contributed by atoms with Crippen molar-refractivity contribution in [1.29, 1.82) is 0 Å². The fraction of sp³-hybridized carbons (Fsp3) is 0.200. The van der Waals surface area contributed by atoms with Crippen molar-refractivity contribution in [2.45, 2.75) is 6.04 Å². The lowest BCUT2D eigenvalue weighted by Crippen LogP contribution is -2.27. The highest BCUT2D eigenvalue weighted by molar-refractivity contribution is 6.03. The number of rotatable bonds is 1. The maximum atomic E-state index is 11.0. The highest BCUT2D eigenvalue weighted by atomic mass is 16.7. The third-order valence-electron chi connectivity index (χ3n) is 2.52. The fourth-order valence-corrected chi connectivity index (χ4v) is 1.76. The lowest BCUT2D eigenvalue weighted by molar-refractivity contribution is 0.174. The molecule has 2 amide bonds. The first-order chi connectivity index (χ1) is 7.74. The summed E-state index contributed by atoms with van der Waals surface area (Å²) >= 11 is 0. The van der Waals surface area contributed by atoms with Gasteiger partial charge in [0, 0.05) is 0 Å². The average molecular weight is 219 g/mol. The number of hydrogen-bond donors (Lipinski definition) is 2. The van der Waals surface area contributed by atoms with Crippen LogP contribution in [0.5, 0.6) is 11.5 Å². The fourth-order valence-electron chi connectivity index (χ4n) is 1.76.